The van der Waals surface area contributed by atoms with Crippen molar-refractivity contribution in [2.75, 3.05) is 24.5 Å². The number of hydrogen-bond acceptors (Lipinski definition) is 3. The molecule has 1 aromatic rings. The number of nitrogens with zero attached hydrogens (tertiary/aromatic N) is 1. The molecule has 0 aliphatic carbocycles. The van der Waals surface area contributed by atoms with Crippen molar-refractivity contribution in [1.29, 1.82) is 0 Å². The molecule has 0 saturated carbocycles. The van der Waals surface area contributed by atoms with E-state index in [2.05, 4.69) is 48.3 Å². The molecule has 1 heterocycles. The van der Waals surface area contributed by atoms with Gasteiger partial charge in [0.1, 0.15) is 0 Å². The van der Waals surface area contributed by atoms with Crippen molar-refractivity contribution in [1.82, 2.24) is 5.32 Å². The summed E-state index contributed by atoms with van der Waals surface area (Å²) in [5, 5.41) is 13.6. The van der Waals surface area contributed by atoms with Crippen LogP contribution in [0.1, 0.15) is 32.8 Å². The van der Waals surface area contributed by atoms with Crippen LogP contribution in [0.3, 0.4) is 0 Å². The summed E-state index contributed by atoms with van der Waals surface area (Å²) in [7, 11) is 0. The van der Waals surface area contributed by atoms with Gasteiger partial charge in [-0.1, -0.05) is 32.0 Å². The minimum atomic E-state index is -0.543. The first-order valence-electron chi connectivity index (χ1n) is 7.24. The first-order chi connectivity index (χ1) is 8.98. The molecule has 106 valence electrons. The molecule has 2 rings (SSSR count). The lowest BCUT2D eigenvalue weighted by atomic mass is 10.1. The van der Waals surface area contributed by atoms with Crippen molar-refractivity contribution >= 4 is 5.69 Å². The first kappa shape index (κ1) is 14.4. The maximum absolute atomic E-state index is 10.1. The minimum Gasteiger partial charge on any atom is -0.388 e. The van der Waals surface area contributed by atoms with Gasteiger partial charge in [-0.15, -0.1) is 0 Å². The van der Waals surface area contributed by atoms with Crippen molar-refractivity contribution in [3.63, 3.8) is 0 Å². The summed E-state index contributed by atoms with van der Waals surface area (Å²) in [6.45, 7) is 9.96. The van der Waals surface area contributed by atoms with Gasteiger partial charge in [-0.05, 0) is 37.4 Å². The van der Waals surface area contributed by atoms with Gasteiger partial charge in [-0.3, -0.25) is 0 Å². The second-order valence-corrected chi connectivity index (χ2v) is 6.32. The topological polar surface area (TPSA) is 35.5 Å². The Balaban J connectivity index is 2.04. The molecule has 19 heavy (non-hydrogen) atoms. The fraction of sp³-hybridized carbons (Fsp3) is 0.625. The third-order valence-electron chi connectivity index (χ3n) is 3.65. The van der Waals surface area contributed by atoms with Crippen LogP contribution in [0.15, 0.2) is 24.3 Å². The van der Waals surface area contributed by atoms with E-state index in [1.165, 1.54) is 11.3 Å². The molecule has 1 saturated heterocycles. The molecule has 3 nitrogen and oxygen atoms in total. The third kappa shape index (κ3) is 3.95. The number of para-hydroxylation sites is 1. The Morgan fingerprint density at radius 2 is 2.11 bits per heavy atom. The van der Waals surface area contributed by atoms with Gasteiger partial charge in [0.2, 0.25) is 0 Å². The average molecular weight is 262 g/mol. The van der Waals surface area contributed by atoms with Crippen molar-refractivity contribution < 1.29 is 5.11 Å². The highest BCUT2D eigenvalue weighted by atomic mass is 16.3. The molecule has 1 aliphatic heterocycles. The summed E-state index contributed by atoms with van der Waals surface area (Å²) < 4.78 is 0. The molecule has 0 spiro atoms. The molecule has 3 heteroatoms. The molecule has 0 aromatic heterocycles. The summed E-state index contributed by atoms with van der Waals surface area (Å²) in [6, 6.07) is 8.50. The summed E-state index contributed by atoms with van der Waals surface area (Å²) in [6.07, 6.45) is 0.848. The van der Waals surface area contributed by atoms with Crippen molar-refractivity contribution in [3.05, 3.63) is 29.8 Å². The van der Waals surface area contributed by atoms with Crippen LogP contribution in [0.25, 0.3) is 0 Å². The van der Waals surface area contributed by atoms with Gasteiger partial charge in [0.05, 0.1) is 5.60 Å². The van der Waals surface area contributed by atoms with Gasteiger partial charge in [0.25, 0.3) is 0 Å². The third-order valence-corrected chi connectivity index (χ3v) is 3.65. The Morgan fingerprint density at radius 3 is 2.74 bits per heavy atom. The Morgan fingerprint density at radius 1 is 1.37 bits per heavy atom. The van der Waals surface area contributed by atoms with Gasteiger partial charge in [0, 0.05) is 25.3 Å². The number of nitrogens with one attached hydrogen (secondary N) is 1. The number of rotatable bonds is 5. The lowest BCUT2D eigenvalue weighted by Crippen LogP contribution is -2.30. The lowest BCUT2D eigenvalue weighted by molar-refractivity contribution is 0.0839. The molecule has 1 unspecified atom stereocenters. The second kappa shape index (κ2) is 5.93. The maximum Gasteiger partial charge on any atom is 0.0810 e. The molecule has 1 atom stereocenters. The summed E-state index contributed by atoms with van der Waals surface area (Å²) >= 11 is 0. The molecule has 1 aliphatic rings. The monoisotopic (exact) mass is 262 g/mol. The normalized spacial score (nSPS) is 23.3. The van der Waals surface area contributed by atoms with Crippen molar-refractivity contribution in [2.45, 2.75) is 39.3 Å². The summed E-state index contributed by atoms with van der Waals surface area (Å²) in [5.74, 6) is 0.666. The predicted octanol–water partition coefficient (Wildman–Crippen LogP) is 2.39. The zero-order chi connectivity index (χ0) is 13.9. The number of anilines is 1. The van der Waals surface area contributed by atoms with E-state index < -0.39 is 5.60 Å². The fourth-order valence-electron chi connectivity index (χ4n) is 2.62. The van der Waals surface area contributed by atoms with E-state index in [-0.39, 0.29) is 0 Å². The van der Waals surface area contributed by atoms with Crippen LogP contribution >= 0.6 is 0 Å². The van der Waals surface area contributed by atoms with Gasteiger partial charge in [-0.25, -0.2) is 0 Å². The number of aliphatic hydroxyl groups is 1. The average Bonchev–Trinajstić information content (AvgIpc) is 2.70. The van der Waals surface area contributed by atoms with Crippen molar-refractivity contribution in [2.24, 2.45) is 5.92 Å². The molecule has 2 N–H and O–H groups in total. The minimum absolute atomic E-state index is 0.543. The van der Waals surface area contributed by atoms with E-state index in [1.54, 1.807) is 0 Å². The molecule has 1 fully saturated rings. The Bertz CT molecular complexity index is 415. The second-order valence-electron chi connectivity index (χ2n) is 6.32. The van der Waals surface area contributed by atoms with E-state index in [9.17, 15) is 5.11 Å². The fourth-order valence-corrected chi connectivity index (χ4v) is 2.62. The van der Waals surface area contributed by atoms with E-state index in [4.69, 9.17) is 0 Å². The Kier molecular flexibility index (Phi) is 4.48. The van der Waals surface area contributed by atoms with Gasteiger partial charge < -0.3 is 15.3 Å². The van der Waals surface area contributed by atoms with Crippen LogP contribution in [0.2, 0.25) is 0 Å². The van der Waals surface area contributed by atoms with E-state index >= 15 is 0 Å². The first-order valence-corrected chi connectivity index (χ1v) is 7.24. The predicted molar refractivity (Wildman–Crippen MR) is 80.4 cm³/mol. The highest BCUT2D eigenvalue weighted by Gasteiger charge is 2.31. The van der Waals surface area contributed by atoms with E-state index in [0.717, 1.165) is 32.6 Å². The van der Waals surface area contributed by atoms with Crippen molar-refractivity contribution in [3.8, 4) is 0 Å². The van der Waals surface area contributed by atoms with Crippen LogP contribution in [0.5, 0.6) is 0 Å². The lowest BCUT2D eigenvalue weighted by Gasteiger charge is -2.24. The summed E-state index contributed by atoms with van der Waals surface area (Å²) in [4.78, 5) is 2.30. The molecule has 1 aromatic carbocycles. The number of benzene rings is 1. The molecular weight excluding hydrogens is 236 g/mol. The molecular formula is C16H26N2O. The highest BCUT2D eigenvalue weighted by Crippen LogP contribution is 2.28. The summed E-state index contributed by atoms with van der Waals surface area (Å²) in [5.41, 5.74) is 2.04. The Labute approximate surface area is 116 Å². The largest absolute Gasteiger partial charge is 0.388 e. The van der Waals surface area contributed by atoms with Crippen LogP contribution in [0, 0.1) is 5.92 Å². The van der Waals surface area contributed by atoms with Gasteiger partial charge in [-0.2, -0.15) is 0 Å². The molecule has 0 radical (unpaired) electrons. The smallest absolute Gasteiger partial charge is 0.0810 e. The highest BCUT2D eigenvalue weighted by molar-refractivity contribution is 5.54. The quantitative estimate of drug-likeness (QED) is 0.855. The SMILES string of the molecule is CC(C)CNCc1ccccc1N1CCC(C)(O)C1. The number of β-amino-alcohol motifs (C(OH)–C–C–N with tert-alkyl or cyclic N) is 1. The molecule has 0 amide bonds. The van der Waals surface area contributed by atoms with E-state index in [0.29, 0.717) is 5.92 Å². The van der Waals surface area contributed by atoms with Crippen LogP contribution < -0.4 is 10.2 Å². The van der Waals surface area contributed by atoms with Crippen LogP contribution in [0.4, 0.5) is 5.69 Å². The van der Waals surface area contributed by atoms with E-state index in [1.807, 2.05) is 6.92 Å². The zero-order valence-corrected chi connectivity index (χ0v) is 12.3. The van der Waals surface area contributed by atoms with Crippen LogP contribution in [-0.4, -0.2) is 30.3 Å². The van der Waals surface area contributed by atoms with Gasteiger partial charge in [0.15, 0.2) is 0 Å². The Hall–Kier alpha value is -1.06. The standard InChI is InChI=1S/C16H26N2O/c1-13(2)10-17-11-14-6-4-5-7-15(14)18-9-8-16(3,19)12-18/h4-7,13,17,19H,8-12H2,1-3H3. The molecule has 0 bridgehead atoms. The van der Waals surface area contributed by atoms with Gasteiger partial charge >= 0.3 is 0 Å². The van der Waals surface area contributed by atoms with Crippen LogP contribution in [-0.2, 0) is 6.54 Å². The maximum atomic E-state index is 10.1. The number of hydrogen-bond donors (Lipinski definition) is 2. The zero-order valence-electron chi connectivity index (χ0n) is 12.3.